The first-order chi connectivity index (χ1) is 16.9. The van der Waals surface area contributed by atoms with Crippen LogP contribution in [-0.2, 0) is 27.4 Å². The molecule has 11 nitrogen and oxygen atoms in total. The van der Waals surface area contributed by atoms with E-state index in [0.717, 1.165) is 18.4 Å². The molecule has 11 heteroatoms. The number of nitrogen functional groups attached to an aromatic ring is 1. The van der Waals surface area contributed by atoms with Crippen LogP contribution in [0.1, 0.15) is 44.6 Å². The molecule has 188 valence electrons. The number of hydrogen-bond donors (Lipinski definition) is 2. The first-order valence-electron chi connectivity index (χ1n) is 11.7. The van der Waals surface area contributed by atoms with Crippen molar-refractivity contribution in [2.45, 2.75) is 52.1 Å². The Bertz CT molecular complexity index is 1190. The minimum Gasteiger partial charge on any atom is -0.469 e. The fraction of sp³-hybridized carbons (Fsp3) is 0.458. The number of carbonyl (C=O) groups is 2. The molecule has 3 N–H and O–H groups in total. The Hall–Kier alpha value is -3.89. The van der Waals surface area contributed by atoms with Crippen LogP contribution in [0.25, 0.3) is 11.2 Å². The third-order valence-corrected chi connectivity index (χ3v) is 5.51. The number of aryl methyl sites for hydroxylation is 1. The number of rotatable bonds is 13. The normalized spacial score (nSPS) is 10.9. The van der Waals surface area contributed by atoms with E-state index in [9.17, 15) is 14.4 Å². The predicted molar refractivity (Wildman–Crippen MR) is 131 cm³/mol. The molecule has 0 fully saturated rings. The standard InChI is InChI=1S/C24H32N6O5/c1-3-4-15-35-23-27-21(25)20-22(28-23)30(24(33)26-20)14-8-13-29(16-17-9-6-5-7-10-17)18(31)11-12-19(32)34-2/h5-7,9-10H,3-4,8,11-16H2,1-2H3,(H,26,33)(H2,25,27,28). The number of H-pyrrole nitrogens is 1. The van der Waals surface area contributed by atoms with E-state index in [-0.39, 0.29) is 36.3 Å². The summed E-state index contributed by atoms with van der Waals surface area (Å²) in [6.45, 7) is 3.59. The Morgan fingerprint density at radius 2 is 1.91 bits per heavy atom. The van der Waals surface area contributed by atoms with Gasteiger partial charge in [-0.2, -0.15) is 9.97 Å². The van der Waals surface area contributed by atoms with Gasteiger partial charge < -0.3 is 25.1 Å². The van der Waals surface area contributed by atoms with Crippen LogP contribution in [0.15, 0.2) is 35.1 Å². The Kier molecular flexibility index (Phi) is 9.22. The van der Waals surface area contributed by atoms with Gasteiger partial charge in [-0.3, -0.25) is 14.2 Å². The van der Waals surface area contributed by atoms with Crippen LogP contribution < -0.4 is 16.2 Å². The average molecular weight is 485 g/mol. The molecule has 0 bridgehead atoms. The largest absolute Gasteiger partial charge is 0.469 e. The van der Waals surface area contributed by atoms with Gasteiger partial charge in [-0.25, -0.2) is 4.79 Å². The highest BCUT2D eigenvalue weighted by Crippen LogP contribution is 2.18. The molecule has 0 saturated heterocycles. The highest BCUT2D eigenvalue weighted by molar-refractivity contribution is 5.82. The van der Waals surface area contributed by atoms with Gasteiger partial charge in [0.25, 0.3) is 0 Å². The highest BCUT2D eigenvalue weighted by Gasteiger charge is 2.18. The Morgan fingerprint density at radius 3 is 2.63 bits per heavy atom. The van der Waals surface area contributed by atoms with Gasteiger partial charge in [0.05, 0.1) is 20.1 Å². The van der Waals surface area contributed by atoms with Gasteiger partial charge in [0.1, 0.15) is 5.52 Å². The number of hydrogen-bond acceptors (Lipinski definition) is 8. The Balaban J connectivity index is 1.73. The number of nitrogens with zero attached hydrogens (tertiary/aromatic N) is 4. The maximum absolute atomic E-state index is 12.8. The molecule has 3 rings (SSSR count). The number of methoxy groups -OCH3 is 1. The van der Waals surface area contributed by atoms with Crippen molar-refractivity contribution in [3.63, 3.8) is 0 Å². The minimum absolute atomic E-state index is 0.0134. The van der Waals surface area contributed by atoms with Crippen molar-refractivity contribution in [1.29, 1.82) is 0 Å². The maximum atomic E-state index is 12.8. The van der Waals surface area contributed by atoms with E-state index < -0.39 is 5.97 Å². The first kappa shape index (κ1) is 25.7. The number of aromatic nitrogens is 4. The van der Waals surface area contributed by atoms with E-state index >= 15 is 0 Å². The summed E-state index contributed by atoms with van der Waals surface area (Å²) in [6, 6.07) is 9.71. The Morgan fingerprint density at radius 1 is 1.14 bits per heavy atom. The van der Waals surface area contributed by atoms with E-state index in [1.165, 1.54) is 11.7 Å². The van der Waals surface area contributed by atoms with Gasteiger partial charge >= 0.3 is 17.7 Å². The van der Waals surface area contributed by atoms with Crippen molar-refractivity contribution < 1.29 is 19.1 Å². The van der Waals surface area contributed by atoms with Crippen molar-refractivity contribution in [3.05, 3.63) is 46.4 Å². The SMILES string of the molecule is CCCCOc1nc(N)c2[nH]c(=O)n(CCCN(Cc3ccccc3)C(=O)CCC(=O)OC)c2n1. The van der Waals surface area contributed by atoms with E-state index in [0.29, 0.717) is 43.8 Å². The molecule has 2 aromatic heterocycles. The molecule has 3 aromatic rings. The predicted octanol–water partition coefficient (Wildman–Crippen LogP) is 2.25. The number of nitrogens with two attached hydrogens (primary N) is 1. The lowest BCUT2D eigenvalue weighted by atomic mass is 10.2. The number of unbranched alkanes of at least 4 members (excludes halogenated alkanes) is 1. The monoisotopic (exact) mass is 484 g/mol. The van der Waals surface area contributed by atoms with Crippen molar-refractivity contribution in [2.75, 3.05) is 26.0 Å². The van der Waals surface area contributed by atoms with E-state index in [1.54, 1.807) is 4.90 Å². The molecule has 1 aromatic carbocycles. The fourth-order valence-electron chi connectivity index (χ4n) is 3.60. The van der Waals surface area contributed by atoms with E-state index in [4.69, 9.17) is 10.5 Å². The average Bonchev–Trinajstić information content (AvgIpc) is 3.18. The van der Waals surface area contributed by atoms with Crippen LogP contribution in [0.3, 0.4) is 0 Å². The summed E-state index contributed by atoms with van der Waals surface area (Å²) in [5, 5.41) is 0. The molecule has 0 saturated carbocycles. The molecule has 0 unspecified atom stereocenters. The summed E-state index contributed by atoms with van der Waals surface area (Å²) in [6.07, 6.45) is 2.36. The summed E-state index contributed by atoms with van der Waals surface area (Å²) in [4.78, 5) is 49.8. The zero-order chi connectivity index (χ0) is 25.2. The summed E-state index contributed by atoms with van der Waals surface area (Å²) in [7, 11) is 1.30. The lowest BCUT2D eigenvalue weighted by molar-refractivity contribution is -0.143. The molecule has 35 heavy (non-hydrogen) atoms. The number of aromatic amines is 1. The van der Waals surface area contributed by atoms with Crippen molar-refractivity contribution in [2.24, 2.45) is 0 Å². The first-order valence-corrected chi connectivity index (χ1v) is 11.7. The van der Waals surface area contributed by atoms with Crippen LogP contribution in [0, 0.1) is 0 Å². The zero-order valence-corrected chi connectivity index (χ0v) is 20.2. The lowest BCUT2D eigenvalue weighted by Gasteiger charge is -2.23. The summed E-state index contributed by atoms with van der Waals surface area (Å²) < 4.78 is 11.7. The van der Waals surface area contributed by atoms with Crippen LogP contribution in [0.4, 0.5) is 5.82 Å². The molecule has 1 amide bonds. The van der Waals surface area contributed by atoms with Crippen LogP contribution in [0.2, 0.25) is 0 Å². The van der Waals surface area contributed by atoms with Gasteiger partial charge in [-0.05, 0) is 18.4 Å². The molecule has 0 atom stereocenters. The second kappa shape index (κ2) is 12.5. The quantitative estimate of drug-likeness (QED) is 0.277. The number of esters is 1. The minimum atomic E-state index is -0.433. The second-order valence-corrected chi connectivity index (χ2v) is 8.10. The molecule has 2 heterocycles. The van der Waals surface area contributed by atoms with Crippen LogP contribution >= 0.6 is 0 Å². The van der Waals surface area contributed by atoms with Gasteiger partial charge in [0, 0.05) is 26.1 Å². The molecule has 0 spiro atoms. The molecular weight excluding hydrogens is 452 g/mol. The van der Waals surface area contributed by atoms with Crippen molar-refractivity contribution in [1.82, 2.24) is 24.4 Å². The zero-order valence-electron chi connectivity index (χ0n) is 20.2. The summed E-state index contributed by atoms with van der Waals surface area (Å²) >= 11 is 0. The van der Waals surface area contributed by atoms with Crippen molar-refractivity contribution in [3.8, 4) is 6.01 Å². The fourth-order valence-corrected chi connectivity index (χ4v) is 3.60. The number of anilines is 1. The molecule has 0 radical (unpaired) electrons. The molecule has 0 aliphatic heterocycles. The maximum Gasteiger partial charge on any atom is 0.327 e. The third kappa shape index (κ3) is 7.05. The number of nitrogens with one attached hydrogen (secondary N) is 1. The summed E-state index contributed by atoms with van der Waals surface area (Å²) in [5.41, 5.74) is 7.33. The third-order valence-electron chi connectivity index (χ3n) is 5.51. The topological polar surface area (TPSA) is 145 Å². The van der Waals surface area contributed by atoms with Gasteiger partial charge in [0.15, 0.2) is 11.5 Å². The van der Waals surface area contributed by atoms with Gasteiger partial charge in [-0.15, -0.1) is 0 Å². The van der Waals surface area contributed by atoms with E-state index in [1.807, 2.05) is 37.3 Å². The number of benzene rings is 1. The second-order valence-electron chi connectivity index (χ2n) is 8.10. The number of carbonyl (C=O) groups excluding carboxylic acids is 2. The molecule has 0 aliphatic rings. The number of imidazole rings is 1. The number of fused-ring (bicyclic) bond motifs is 1. The van der Waals surface area contributed by atoms with Crippen LogP contribution in [0.5, 0.6) is 6.01 Å². The number of amides is 1. The Labute approximate surface area is 203 Å². The van der Waals surface area contributed by atoms with Gasteiger partial charge in [-0.1, -0.05) is 43.7 Å². The molecule has 0 aliphatic carbocycles. The van der Waals surface area contributed by atoms with Gasteiger partial charge in [0.2, 0.25) is 5.91 Å². The number of ether oxygens (including phenoxy) is 2. The smallest absolute Gasteiger partial charge is 0.327 e. The lowest BCUT2D eigenvalue weighted by Crippen LogP contribution is -2.33. The van der Waals surface area contributed by atoms with Crippen molar-refractivity contribution >= 4 is 28.9 Å². The van der Waals surface area contributed by atoms with Crippen LogP contribution in [-0.4, -0.2) is 56.6 Å². The molecular formula is C24H32N6O5. The highest BCUT2D eigenvalue weighted by atomic mass is 16.5. The van der Waals surface area contributed by atoms with E-state index in [2.05, 4.69) is 19.7 Å². The summed E-state index contributed by atoms with van der Waals surface area (Å²) in [5.74, 6) is -0.456.